The molecule has 2 heterocycles. The van der Waals surface area contributed by atoms with Gasteiger partial charge in [0.1, 0.15) is 11.6 Å². The van der Waals surface area contributed by atoms with Crippen LogP contribution >= 0.6 is 0 Å². The van der Waals surface area contributed by atoms with E-state index in [9.17, 15) is 14.4 Å². The van der Waals surface area contributed by atoms with Gasteiger partial charge in [0.05, 0.1) is 12.8 Å². The van der Waals surface area contributed by atoms with Crippen LogP contribution < -0.4 is 21.9 Å². The van der Waals surface area contributed by atoms with Crippen LogP contribution in [0.25, 0.3) is 0 Å². The van der Waals surface area contributed by atoms with Gasteiger partial charge in [-0.2, -0.15) is 0 Å². The minimum absolute atomic E-state index is 0.0143. The maximum atomic E-state index is 12.9. The van der Waals surface area contributed by atoms with Crippen molar-refractivity contribution in [1.82, 2.24) is 9.55 Å². The summed E-state index contributed by atoms with van der Waals surface area (Å²) in [7, 11) is 0. The summed E-state index contributed by atoms with van der Waals surface area (Å²) in [6.45, 7) is 4.46. The van der Waals surface area contributed by atoms with E-state index in [1.807, 2.05) is 13.8 Å². The van der Waals surface area contributed by atoms with E-state index in [-0.39, 0.29) is 35.8 Å². The first-order valence-corrected chi connectivity index (χ1v) is 8.90. The maximum absolute atomic E-state index is 12.9. The molecular weight excluding hydrogens is 336 g/mol. The second-order valence-corrected chi connectivity index (χ2v) is 6.82. The second-order valence-electron chi connectivity index (χ2n) is 6.82. The Labute approximate surface area is 150 Å². The van der Waals surface area contributed by atoms with Crippen LogP contribution in [0, 0.1) is 11.8 Å². The average molecular weight is 360 g/mol. The van der Waals surface area contributed by atoms with E-state index < -0.39 is 11.2 Å². The Bertz CT molecular complexity index is 897. The van der Waals surface area contributed by atoms with Crippen LogP contribution in [0.5, 0.6) is 0 Å². The first-order chi connectivity index (χ1) is 12.4. The molecule has 2 atom stereocenters. The molecule has 140 valence electrons. The smallest absolute Gasteiger partial charge is 0.330 e. The standard InChI is InChI=1S/C18H24N4O4/c1-3-4-7-21-15(19)14(16(23)20-18(21)25)22(10-12-6-5-8-26-12)17(24)13-9-11(13)2/h5-6,8,11,13H,3-4,7,9-10,19H2,1-2H3,(H,20,23,25). The third-order valence-corrected chi connectivity index (χ3v) is 4.81. The van der Waals surface area contributed by atoms with Crippen LogP contribution in [0.1, 0.15) is 38.9 Å². The molecule has 8 nitrogen and oxygen atoms in total. The van der Waals surface area contributed by atoms with Gasteiger partial charge in [0.2, 0.25) is 5.91 Å². The summed E-state index contributed by atoms with van der Waals surface area (Å²) in [4.78, 5) is 41.2. The van der Waals surface area contributed by atoms with Crippen molar-refractivity contribution in [2.45, 2.75) is 46.2 Å². The molecule has 3 rings (SSSR count). The van der Waals surface area contributed by atoms with Gasteiger partial charge >= 0.3 is 5.69 Å². The number of aromatic amines is 1. The number of rotatable bonds is 7. The highest BCUT2D eigenvalue weighted by Gasteiger charge is 2.43. The van der Waals surface area contributed by atoms with Crippen LogP contribution in [0.3, 0.4) is 0 Å². The predicted molar refractivity (Wildman–Crippen MR) is 97.8 cm³/mol. The normalized spacial score (nSPS) is 18.7. The Morgan fingerprint density at radius 3 is 2.77 bits per heavy atom. The van der Waals surface area contributed by atoms with Gasteiger partial charge in [0, 0.05) is 12.5 Å². The van der Waals surface area contributed by atoms with Gasteiger partial charge < -0.3 is 10.2 Å². The van der Waals surface area contributed by atoms with Gasteiger partial charge in [-0.25, -0.2) is 4.79 Å². The van der Waals surface area contributed by atoms with Crippen molar-refractivity contribution in [3.63, 3.8) is 0 Å². The highest BCUT2D eigenvalue weighted by Crippen LogP contribution is 2.40. The predicted octanol–water partition coefficient (Wildman–Crippen LogP) is 1.70. The van der Waals surface area contributed by atoms with E-state index in [1.165, 1.54) is 15.7 Å². The Morgan fingerprint density at radius 1 is 1.46 bits per heavy atom. The van der Waals surface area contributed by atoms with Crippen molar-refractivity contribution in [1.29, 1.82) is 0 Å². The van der Waals surface area contributed by atoms with E-state index in [0.717, 1.165) is 19.3 Å². The van der Waals surface area contributed by atoms with Crippen molar-refractivity contribution in [3.8, 4) is 0 Å². The van der Waals surface area contributed by atoms with E-state index in [2.05, 4.69) is 4.98 Å². The molecule has 2 aromatic heterocycles. The van der Waals surface area contributed by atoms with Gasteiger partial charge in [-0.05, 0) is 30.9 Å². The molecule has 1 aliphatic carbocycles. The summed E-state index contributed by atoms with van der Waals surface area (Å²) >= 11 is 0. The highest BCUT2D eigenvalue weighted by molar-refractivity contribution is 5.98. The van der Waals surface area contributed by atoms with E-state index >= 15 is 0 Å². The highest BCUT2D eigenvalue weighted by atomic mass is 16.3. The molecule has 0 spiro atoms. The van der Waals surface area contributed by atoms with Crippen molar-refractivity contribution in [2.24, 2.45) is 11.8 Å². The molecule has 1 aliphatic rings. The number of aromatic nitrogens is 2. The number of amides is 1. The number of carbonyl (C=O) groups is 1. The second kappa shape index (κ2) is 7.23. The molecule has 1 fully saturated rings. The summed E-state index contributed by atoms with van der Waals surface area (Å²) in [5, 5.41) is 0. The number of H-pyrrole nitrogens is 1. The van der Waals surface area contributed by atoms with E-state index in [1.54, 1.807) is 12.1 Å². The fraction of sp³-hybridized carbons (Fsp3) is 0.500. The van der Waals surface area contributed by atoms with Crippen molar-refractivity contribution < 1.29 is 9.21 Å². The zero-order valence-corrected chi connectivity index (χ0v) is 15.0. The lowest BCUT2D eigenvalue weighted by Gasteiger charge is -2.24. The van der Waals surface area contributed by atoms with E-state index in [0.29, 0.717) is 12.3 Å². The lowest BCUT2D eigenvalue weighted by molar-refractivity contribution is -0.120. The first kappa shape index (κ1) is 18.0. The summed E-state index contributed by atoms with van der Waals surface area (Å²) < 4.78 is 6.66. The zero-order chi connectivity index (χ0) is 18.8. The maximum Gasteiger partial charge on any atom is 0.330 e. The third-order valence-electron chi connectivity index (χ3n) is 4.81. The zero-order valence-electron chi connectivity index (χ0n) is 15.0. The molecule has 2 unspecified atom stereocenters. The largest absolute Gasteiger partial charge is 0.467 e. The number of nitrogen functional groups attached to an aromatic ring is 1. The summed E-state index contributed by atoms with van der Waals surface area (Å²) in [5.41, 5.74) is 4.96. The molecule has 1 saturated carbocycles. The fourth-order valence-corrected chi connectivity index (χ4v) is 3.07. The number of nitrogens with two attached hydrogens (primary N) is 1. The molecule has 2 aromatic rings. The Balaban J connectivity index is 2.06. The van der Waals surface area contributed by atoms with Crippen LogP contribution in [0.4, 0.5) is 11.5 Å². The monoisotopic (exact) mass is 360 g/mol. The molecule has 0 saturated heterocycles. The molecule has 0 aliphatic heterocycles. The summed E-state index contributed by atoms with van der Waals surface area (Å²) in [6, 6.07) is 3.45. The van der Waals surface area contributed by atoms with Crippen LogP contribution in [0.2, 0.25) is 0 Å². The number of nitrogens with one attached hydrogen (secondary N) is 1. The number of carbonyl (C=O) groups excluding carboxylic acids is 1. The van der Waals surface area contributed by atoms with Gasteiger partial charge in [-0.1, -0.05) is 20.3 Å². The quantitative estimate of drug-likeness (QED) is 0.780. The van der Waals surface area contributed by atoms with Crippen LogP contribution in [-0.2, 0) is 17.9 Å². The molecule has 0 radical (unpaired) electrons. The fourth-order valence-electron chi connectivity index (χ4n) is 3.07. The lowest BCUT2D eigenvalue weighted by atomic mass is 10.2. The van der Waals surface area contributed by atoms with Crippen molar-refractivity contribution in [3.05, 3.63) is 45.0 Å². The number of furan rings is 1. The number of nitrogens with zero attached hydrogens (tertiary/aromatic N) is 2. The van der Waals surface area contributed by atoms with Crippen LogP contribution in [0.15, 0.2) is 32.4 Å². The average Bonchev–Trinajstić information content (AvgIpc) is 3.10. The summed E-state index contributed by atoms with van der Waals surface area (Å²) in [6.07, 6.45) is 3.89. The molecule has 0 bridgehead atoms. The summed E-state index contributed by atoms with van der Waals surface area (Å²) in [5.74, 6) is 0.511. The number of hydrogen-bond acceptors (Lipinski definition) is 5. The Hall–Kier alpha value is -2.77. The van der Waals surface area contributed by atoms with Gasteiger partial charge in [-0.15, -0.1) is 0 Å². The number of unbranched alkanes of at least 4 members (excludes halogenated alkanes) is 1. The van der Waals surface area contributed by atoms with Crippen LogP contribution in [-0.4, -0.2) is 15.5 Å². The third kappa shape index (κ3) is 3.44. The Kier molecular flexibility index (Phi) is 5.01. The van der Waals surface area contributed by atoms with Crippen molar-refractivity contribution >= 4 is 17.4 Å². The van der Waals surface area contributed by atoms with Crippen molar-refractivity contribution in [2.75, 3.05) is 10.6 Å². The minimum atomic E-state index is -0.659. The number of anilines is 2. The first-order valence-electron chi connectivity index (χ1n) is 8.90. The minimum Gasteiger partial charge on any atom is -0.467 e. The molecule has 8 heteroatoms. The number of hydrogen-bond donors (Lipinski definition) is 2. The molecule has 26 heavy (non-hydrogen) atoms. The van der Waals surface area contributed by atoms with E-state index in [4.69, 9.17) is 10.2 Å². The topological polar surface area (TPSA) is 114 Å². The van der Waals surface area contributed by atoms with Gasteiger partial charge in [-0.3, -0.25) is 24.0 Å². The molecular formula is C18H24N4O4. The van der Waals surface area contributed by atoms with Gasteiger partial charge in [0.25, 0.3) is 5.56 Å². The molecule has 0 aromatic carbocycles. The lowest BCUT2D eigenvalue weighted by Crippen LogP contribution is -2.41. The molecule has 3 N–H and O–H groups in total. The SMILES string of the molecule is CCCCn1c(N)c(N(Cc2ccco2)C(=O)C2CC2C)c(=O)[nH]c1=O. The Morgan fingerprint density at radius 2 is 2.19 bits per heavy atom. The van der Waals surface area contributed by atoms with Gasteiger partial charge in [0.15, 0.2) is 5.69 Å². The molecule has 1 amide bonds.